The average Bonchev–Trinajstić information content (AvgIpc) is 3.58. The lowest BCUT2D eigenvalue weighted by Crippen LogP contribution is -2.38. The second kappa shape index (κ2) is 18.3. The molecule has 2 amide bonds. The van der Waals surface area contributed by atoms with E-state index in [2.05, 4.69) is 39.8 Å². The molecule has 6 rings (SSSR count). The molecule has 10 nitrogen and oxygen atoms in total. The number of aliphatic hydroxyl groups is 2. The van der Waals surface area contributed by atoms with Crippen LogP contribution < -0.4 is 16.4 Å². The Morgan fingerprint density at radius 3 is 2.31 bits per heavy atom. The minimum atomic E-state index is -0.576. The Balaban J connectivity index is 1.02. The summed E-state index contributed by atoms with van der Waals surface area (Å²) in [6.07, 6.45) is 3.31. The van der Waals surface area contributed by atoms with Gasteiger partial charge in [-0.1, -0.05) is 79.2 Å². The van der Waals surface area contributed by atoms with E-state index in [0.29, 0.717) is 56.6 Å². The third-order valence-corrected chi connectivity index (χ3v) is 9.78. The van der Waals surface area contributed by atoms with E-state index in [4.69, 9.17) is 15.2 Å². The first-order valence-electron chi connectivity index (χ1n) is 18.3. The lowest BCUT2D eigenvalue weighted by atomic mass is 9.98. The lowest BCUT2D eigenvalue weighted by Gasteiger charge is -2.38. The Labute approximate surface area is 305 Å². The number of hydrogen-bond donors (Lipinski definition) is 5. The summed E-state index contributed by atoms with van der Waals surface area (Å²) in [5.74, 6) is -0.0943. The Morgan fingerprint density at radius 2 is 1.56 bits per heavy atom. The van der Waals surface area contributed by atoms with Crippen molar-refractivity contribution in [1.82, 2.24) is 10.2 Å². The maximum atomic E-state index is 12.6. The summed E-state index contributed by atoms with van der Waals surface area (Å²) in [5, 5.41) is 25.5. The van der Waals surface area contributed by atoms with Gasteiger partial charge >= 0.3 is 0 Å². The molecule has 0 spiro atoms. The second-order valence-electron chi connectivity index (χ2n) is 13.9. The number of nitrogens with one attached hydrogen (secondary N) is 2. The topological polar surface area (TPSA) is 146 Å². The van der Waals surface area contributed by atoms with E-state index in [9.17, 15) is 19.8 Å². The summed E-state index contributed by atoms with van der Waals surface area (Å²) in [6, 6.07) is 31.4. The molecule has 2 heterocycles. The minimum absolute atomic E-state index is 0.00657. The van der Waals surface area contributed by atoms with E-state index in [1.165, 1.54) is 0 Å². The number of β-amino-alcohol motifs (C(OH)–C–C–N with tert-alkyl or cyclic N) is 1. The molecule has 2 fully saturated rings. The van der Waals surface area contributed by atoms with Crippen LogP contribution >= 0.6 is 0 Å². The number of nitrogen functional groups attached to an aromatic ring is 1. The van der Waals surface area contributed by atoms with Gasteiger partial charge in [-0.3, -0.25) is 14.5 Å². The van der Waals surface area contributed by atoms with Crippen LogP contribution in [0.2, 0.25) is 0 Å². The predicted octanol–water partition coefficient (Wildman–Crippen LogP) is 6.25. The molecule has 4 aromatic rings. The molecule has 2 aliphatic heterocycles. The first-order chi connectivity index (χ1) is 25.3. The van der Waals surface area contributed by atoms with Crippen LogP contribution in [0.5, 0.6) is 0 Å². The SMILES string of the molecule is Nc1ccccc1NC(=O)CCCCCC(=O)NCc1cccc(-c2cccc([C@@H]3O[C@H](CN4CC[C@H](O)C4)C[C@H](c4ccc(CO)cc4)O3)c2)c1. The summed E-state index contributed by atoms with van der Waals surface area (Å²) in [5.41, 5.74) is 12.9. The largest absolute Gasteiger partial charge is 0.397 e. The molecule has 0 radical (unpaired) electrons. The molecular weight excluding hydrogens is 656 g/mol. The number of carbonyl (C=O) groups excluding carboxylic acids is 2. The van der Waals surface area contributed by atoms with E-state index in [1.54, 1.807) is 12.1 Å². The molecule has 0 aromatic heterocycles. The van der Waals surface area contributed by atoms with Gasteiger partial charge in [-0.05, 0) is 71.3 Å². The van der Waals surface area contributed by atoms with Crippen LogP contribution in [0.1, 0.15) is 79.6 Å². The van der Waals surface area contributed by atoms with Crippen LogP contribution in [-0.2, 0) is 32.2 Å². The van der Waals surface area contributed by atoms with Crippen LogP contribution in [-0.4, -0.2) is 58.8 Å². The number of para-hydroxylation sites is 2. The number of likely N-dealkylation sites (tertiary alicyclic amines) is 1. The molecule has 0 unspecified atom stereocenters. The maximum Gasteiger partial charge on any atom is 0.224 e. The first kappa shape index (κ1) is 37.2. The molecule has 0 saturated carbocycles. The normalized spacial score (nSPS) is 20.4. The van der Waals surface area contributed by atoms with Crippen molar-refractivity contribution in [2.45, 2.75) is 82.7 Å². The van der Waals surface area contributed by atoms with Gasteiger partial charge < -0.3 is 36.1 Å². The number of amides is 2. The molecule has 4 aromatic carbocycles. The molecular formula is C42H50N4O6. The highest BCUT2D eigenvalue weighted by Crippen LogP contribution is 2.39. The summed E-state index contributed by atoms with van der Waals surface area (Å²) < 4.78 is 13.2. The summed E-state index contributed by atoms with van der Waals surface area (Å²) >= 11 is 0. The lowest BCUT2D eigenvalue weighted by molar-refractivity contribution is -0.252. The van der Waals surface area contributed by atoms with Crippen LogP contribution in [0.25, 0.3) is 11.1 Å². The fourth-order valence-electron chi connectivity index (χ4n) is 6.89. The molecule has 0 bridgehead atoms. The van der Waals surface area contributed by atoms with Gasteiger partial charge in [-0.2, -0.15) is 0 Å². The fourth-order valence-corrected chi connectivity index (χ4v) is 6.89. The first-order valence-corrected chi connectivity index (χ1v) is 18.3. The number of carbonyl (C=O) groups is 2. The van der Waals surface area contributed by atoms with Crippen molar-refractivity contribution in [3.8, 4) is 11.1 Å². The molecule has 274 valence electrons. The number of nitrogens with zero attached hydrogens (tertiary/aromatic N) is 1. The Kier molecular flexibility index (Phi) is 13.1. The zero-order chi connectivity index (χ0) is 36.3. The number of unbranched alkanes of at least 4 members (excludes halogenated alkanes) is 2. The zero-order valence-corrected chi connectivity index (χ0v) is 29.6. The van der Waals surface area contributed by atoms with E-state index >= 15 is 0 Å². The highest BCUT2D eigenvalue weighted by molar-refractivity contribution is 5.93. The van der Waals surface area contributed by atoms with E-state index in [-0.39, 0.29) is 36.7 Å². The predicted molar refractivity (Wildman–Crippen MR) is 202 cm³/mol. The van der Waals surface area contributed by atoms with E-state index in [0.717, 1.165) is 59.3 Å². The number of aliphatic hydroxyl groups excluding tert-OH is 2. The molecule has 10 heteroatoms. The van der Waals surface area contributed by atoms with Gasteiger partial charge in [0.2, 0.25) is 11.8 Å². The van der Waals surface area contributed by atoms with Crippen molar-refractivity contribution in [2.75, 3.05) is 30.7 Å². The fraction of sp³-hybridized carbons (Fsp3) is 0.381. The van der Waals surface area contributed by atoms with Crippen LogP contribution in [0, 0.1) is 0 Å². The van der Waals surface area contributed by atoms with Crippen molar-refractivity contribution < 1.29 is 29.3 Å². The third-order valence-electron chi connectivity index (χ3n) is 9.78. The monoisotopic (exact) mass is 706 g/mol. The van der Waals surface area contributed by atoms with Gasteiger partial charge in [-0.25, -0.2) is 0 Å². The average molecular weight is 707 g/mol. The number of benzene rings is 4. The summed E-state index contributed by atoms with van der Waals surface area (Å²) in [6.45, 7) is 2.64. The van der Waals surface area contributed by atoms with Gasteiger partial charge in [0.15, 0.2) is 6.29 Å². The summed E-state index contributed by atoms with van der Waals surface area (Å²) in [4.78, 5) is 27.1. The van der Waals surface area contributed by atoms with Gasteiger partial charge in [0.25, 0.3) is 0 Å². The number of nitrogens with two attached hydrogens (primary N) is 1. The maximum absolute atomic E-state index is 12.6. The number of ether oxygens (including phenoxy) is 2. The molecule has 0 aliphatic carbocycles. The van der Waals surface area contributed by atoms with Gasteiger partial charge in [0, 0.05) is 51.0 Å². The number of hydrogen-bond acceptors (Lipinski definition) is 8. The second-order valence-corrected chi connectivity index (χ2v) is 13.9. The van der Waals surface area contributed by atoms with Crippen molar-refractivity contribution in [3.05, 3.63) is 119 Å². The van der Waals surface area contributed by atoms with Crippen LogP contribution in [0.15, 0.2) is 97.1 Å². The van der Waals surface area contributed by atoms with Crippen molar-refractivity contribution in [2.24, 2.45) is 0 Å². The van der Waals surface area contributed by atoms with Crippen LogP contribution in [0.4, 0.5) is 11.4 Å². The van der Waals surface area contributed by atoms with Crippen molar-refractivity contribution >= 4 is 23.2 Å². The Hall–Kier alpha value is -4.58. The molecule has 2 aliphatic rings. The quantitative estimate of drug-likeness (QED) is 0.0721. The Bertz CT molecular complexity index is 1780. The zero-order valence-electron chi connectivity index (χ0n) is 29.6. The van der Waals surface area contributed by atoms with E-state index < -0.39 is 6.29 Å². The molecule has 6 N–H and O–H groups in total. The van der Waals surface area contributed by atoms with Crippen molar-refractivity contribution in [1.29, 1.82) is 0 Å². The highest BCUT2D eigenvalue weighted by atomic mass is 16.7. The molecule has 2 saturated heterocycles. The smallest absolute Gasteiger partial charge is 0.224 e. The van der Waals surface area contributed by atoms with Gasteiger partial charge in [0.05, 0.1) is 36.3 Å². The number of anilines is 2. The minimum Gasteiger partial charge on any atom is -0.397 e. The van der Waals surface area contributed by atoms with Crippen LogP contribution in [0.3, 0.4) is 0 Å². The van der Waals surface area contributed by atoms with Gasteiger partial charge in [-0.15, -0.1) is 0 Å². The van der Waals surface area contributed by atoms with Crippen molar-refractivity contribution in [3.63, 3.8) is 0 Å². The molecule has 52 heavy (non-hydrogen) atoms. The standard InChI is InChI=1S/C42H50N4O6/c43-37-12-4-5-13-38(37)45-41(50)15-3-1-2-14-40(49)44-25-30-8-6-9-32(22-30)33-10-7-11-34(23-33)42-51-36(27-46-21-20-35(48)26-46)24-39(52-42)31-18-16-29(28-47)17-19-31/h4-13,16-19,22-23,35-36,39,42,47-48H,1-3,14-15,20-21,24-28,43H2,(H,44,49)(H,45,50)/t35-,36-,39+,42+/m0/s1. The molecule has 4 atom stereocenters. The number of rotatable bonds is 15. The summed E-state index contributed by atoms with van der Waals surface area (Å²) in [7, 11) is 0. The van der Waals surface area contributed by atoms with E-state index in [1.807, 2.05) is 60.7 Å². The third kappa shape index (κ3) is 10.5. The van der Waals surface area contributed by atoms with Gasteiger partial charge in [0.1, 0.15) is 0 Å². The highest BCUT2D eigenvalue weighted by Gasteiger charge is 2.34. The Morgan fingerprint density at radius 1 is 0.808 bits per heavy atom.